The van der Waals surface area contributed by atoms with Crippen LogP contribution in [-0.4, -0.2) is 24.3 Å². The van der Waals surface area contributed by atoms with Crippen LogP contribution in [0.4, 0.5) is 0 Å². The highest BCUT2D eigenvalue weighted by molar-refractivity contribution is 6.24. The third-order valence-corrected chi connectivity index (χ3v) is 0.142. The lowest BCUT2D eigenvalue weighted by Gasteiger charge is -1.64. The minimum atomic E-state index is -0.704. The van der Waals surface area contributed by atoms with Gasteiger partial charge in [0.05, 0.1) is 6.21 Å². The minimum Gasteiger partial charge on any atom is -0.400 e. The second-order valence-electron chi connectivity index (χ2n) is 0.547. The Morgan fingerprint density at radius 1 is 1.86 bits per heavy atom. The number of hydrogen-bond donors (Lipinski definition) is 3. The lowest BCUT2D eigenvalue weighted by molar-refractivity contribution is -0.111. The first kappa shape index (κ1) is 9.44. The second-order valence-corrected chi connectivity index (χ2v) is 0.547. The number of carbonyl (C=O) groups is 1. The molecule has 0 aromatic rings. The van der Waals surface area contributed by atoms with Crippen LogP contribution >= 0.6 is 0 Å². The van der Waals surface area contributed by atoms with Gasteiger partial charge < -0.3 is 16.2 Å². The molecule has 4 N–H and O–H groups in total. The lowest BCUT2D eigenvalue weighted by atomic mass is 10.7. The van der Waals surface area contributed by atoms with Crippen molar-refractivity contribution in [3.8, 4) is 0 Å². The van der Waals surface area contributed by atoms with Crippen molar-refractivity contribution in [2.75, 3.05) is 7.11 Å². The molecule has 0 bridgehead atoms. The van der Waals surface area contributed by atoms with Crippen LogP contribution in [0.2, 0.25) is 0 Å². The van der Waals surface area contributed by atoms with E-state index in [0.29, 0.717) is 6.21 Å². The lowest BCUT2D eigenvalue weighted by Crippen LogP contribution is -2.09. The molecule has 0 aliphatic carbocycles. The Kier molecular flexibility index (Phi) is 12.0. The first-order chi connectivity index (χ1) is 3.27. The van der Waals surface area contributed by atoms with Crippen LogP contribution < -0.4 is 5.73 Å². The van der Waals surface area contributed by atoms with Gasteiger partial charge in [0.15, 0.2) is 0 Å². The molecule has 0 fully saturated rings. The van der Waals surface area contributed by atoms with Crippen LogP contribution in [0, 0.1) is 5.41 Å². The van der Waals surface area contributed by atoms with Gasteiger partial charge in [-0.25, -0.2) is 0 Å². The fourth-order valence-corrected chi connectivity index (χ4v) is 0. The standard InChI is InChI=1S/C2H4N2O.CH4O/c3-1-2(4)5;1-2/h1,3H,(H2,4,5);2H,1H3. The highest BCUT2D eigenvalue weighted by Crippen LogP contribution is 1.32. The molecule has 0 aliphatic rings. The number of amides is 1. The molecule has 0 spiro atoms. The van der Waals surface area contributed by atoms with Crippen LogP contribution in [0.3, 0.4) is 0 Å². The van der Waals surface area contributed by atoms with Crippen molar-refractivity contribution in [2.45, 2.75) is 0 Å². The smallest absolute Gasteiger partial charge is 0.259 e. The summed E-state index contributed by atoms with van der Waals surface area (Å²) in [7, 11) is 1.00. The van der Waals surface area contributed by atoms with E-state index in [-0.39, 0.29) is 0 Å². The van der Waals surface area contributed by atoms with Crippen molar-refractivity contribution in [3.05, 3.63) is 0 Å². The summed E-state index contributed by atoms with van der Waals surface area (Å²) in [6, 6.07) is 0. The first-order valence-electron chi connectivity index (χ1n) is 1.52. The molecule has 0 aliphatic heterocycles. The number of primary amides is 1. The topological polar surface area (TPSA) is 87.2 Å². The maximum atomic E-state index is 9.35. The monoisotopic (exact) mass is 104 g/mol. The van der Waals surface area contributed by atoms with Gasteiger partial charge in [-0.1, -0.05) is 0 Å². The molecule has 0 unspecified atom stereocenters. The molecule has 7 heavy (non-hydrogen) atoms. The van der Waals surface area contributed by atoms with Crippen molar-refractivity contribution in [1.29, 1.82) is 5.41 Å². The number of nitrogens with one attached hydrogen (secondary N) is 1. The minimum absolute atomic E-state index is 0.556. The average molecular weight is 104 g/mol. The molecule has 0 aromatic heterocycles. The third kappa shape index (κ3) is 40.5. The molecule has 0 rings (SSSR count). The summed E-state index contributed by atoms with van der Waals surface area (Å²) in [5.74, 6) is -0.704. The number of aliphatic hydroxyl groups excluding tert-OH is 1. The number of rotatable bonds is 1. The molecule has 0 aromatic carbocycles. The predicted molar refractivity (Wildman–Crippen MR) is 26.1 cm³/mol. The van der Waals surface area contributed by atoms with Gasteiger partial charge in [0.1, 0.15) is 0 Å². The Morgan fingerprint density at radius 3 is 2.00 bits per heavy atom. The SMILES string of the molecule is CO.N=CC(N)=O. The Hall–Kier alpha value is -0.900. The first-order valence-corrected chi connectivity index (χ1v) is 1.52. The van der Waals surface area contributed by atoms with E-state index in [1.54, 1.807) is 0 Å². The molecular weight excluding hydrogens is 96.0 g/mol. The zero-order valence-corrected chi connectivity index (χ0v) is 4.01. The van der Waals surface area contributed by atoms with Gasteiger partial charge in [-0.2, -0.15) is 0 Å². The van der Waals surface area contributed by atoms with Crippen LogP contribution in [-0.2, 0) is 4.79 Å². The summed E-state index contributed by atoms with van der Waals surface area (Å²) in [5.41, 5.74) is 4.41. The van der Waals surface area contributed by atoms with Crippen molar-refractivity contribution < 1.29 is 9.90 Å². The van der Waals surface area contributed by atoms with E-state index in [0.717, 1.165) is 7.11 Å². The predicted octanol–water partition coefficient (Wildman–Crippen LogP) is -1.27. The highest BCUT2D eigenvalue weighted by atomic mass is 16.2. The summed E-state index contributed by atoms with van der Waals surface area (Å²) in [5, 5.41) is 13.1. The molecule has 4 nitrogen and oxygen atoms in total. The van der Waals surface area contributed by atoms with E-state index >= 15 is 0 Å². The van der Waals surface area contributed by atoms with Crippen molar-refractivity contribution in [2.24, 2.45) is 5.73 Å². The molecule has 0 saturated heterocycles. The van der Waals surface area contributed by atoms with Crippen LogP contribution in [0.1, 0.15) is 0 Å². The number of aliphatic hydroxyl groups is 1. The zero-order valence-electron chi connectivity index (χ0n) is 4.01. The van der Waals surface area contributed by atoms with Gasteiger partial charge in [0.2, 0.25) is 0 Å². The zero-order chi connectivity index (χ0) is 6.28. The summed E-state index contributed by atoms with van der Waals surface area (Å²) in [6.07, 6.45) is 0.556. The van der Waals surface area contributed by atoms with E-state index in [4.69, 9.17) is 10.5 Å². The molecule has 42 valence electrons. The second kappa shape index (κ2) is 8.92. The quantitative estimate of drug-likeness (QED) is 0.362. The largest absolute Gasteiger partial charge is 0.400 e. The molecule has 0 saturated carbocycles. The normalized spacial score (nSPS) is 5.43. The molecule has 0 heterocycles. The molecular formula is C3H8N2O2. The van der Waals surface area contributed by atoms with Crippen LogP contribution in [0.5, 0.6) is 0 Å². The van der Waals surface area contributed by atoms with Gasteiger partial charge in [-0.15, -0.1) is 0 Å². The molecule has 0 atom stereocenters. The average Bonchev–Trinajstić information content (AvgIpc) is 1.73. The van der Waals surface area contributed by atoms with Gasteiger partial charge in [0, 0.05) is 7.11 Å². The van der Waals surface area contributed by atoms with Gasteiger partial charge in [-0.3, -0.25) is 4.79 Å². The molecule has 4 heteroatoms. The number of carbonyl (C=O) groups excluding carboxylic acids is 1. The fourth-order valence-electron chi connectivity index (χ4n) is 0. The van der Waals surface area contributed by atoms with Gasteiger partial charge in [0.25, 0.3) is 5.91 Å². The Balaban J connectivity index is 0. The molecule has 1 amide bonds. The van der Waals surface area contributed by atoms with E-state index in [2.05, 4.69) is 5.73 Å². The summed E-state index contributed by atoms with van der Waals surface area (Å²) >= 11 is 0. The Labute approximate surface area is 41.5 Å². The number of hydrogen-bond acceptors (Lipinski definition) is 3. The fraction of sp³-hybridized carbons (Fsp3) is 0.333. The van der Waals surface area contributed by atoms with Crippen molar-refractivity contribution in [3.63, 3.8) is 0 Å². The van der Waals surface area contributed by atoms with Crippen LogP contribution in [0.15, 0.2) is 0 Å². The van der Waals surface area contributed by atoms with Crippen molar-refractivity contribution in [1.82, 2.24) is 0 Å². The third-order valence-electron chi connectivity index (χ3n) is 0.142. The number of nitrogens with two attached hydrogens (primary N) is 1. The maximum absolute atomic E-state index is 9.35. The summed E-state index contributed by atoms with van der Waals surface area (Å²) in [4.78, 5) is 9.35. The maximum Gasteiger partial charge on any atom is 0.259 e. The van der Waals surface area contributed by atoms with E-state index in [1.807, 2.05) is 0 Å². The van der Waals surface area contributed by atoms with Crippen molar-refractivity contribution >= 4 is 12.1 Å². The summed E-state index contributed by atoms with van der Waals surface area (Å²) in [6.45, 7) is 0. The van der Waals surface area contributed by atoms with Crippen LogP contribution in [0.25, 0.3) is 0 Å². The Bertz CT molecular complexity index is 62.0. The highest BCUT2D eigenvalue weighted by Gasteiger charge is 1.72. The molecule has 0 radical (unpaired) electrons. The van der Waals surface area contributed by atoms with E-state index in [9.17, 15) is 4.79 Å². The van der Waals surface area contributed by atoms with Gasteiger partial charge >= 0.3 is 0 Å². The summed E-state index contributed by atoms with van der Waals surface area (Å²) < 4.78 is 0. The van der Waals surface area contributed by atoms with E-state index in [1.165, 1.54) is 0 Å². The Morgan fingerprint density at radius 2 is 2.00 bits per heavy atom. The van der Waals surface area contributed by atoms with E-state index < -0.39 is 5.91 Å². The van der Waals surface area contributed by atoms with Gasteiger partial charge in [-0.05, 0) is 0 Å².